The van der Waals surface area contributed by atoms with Gasteiger partial charge in [0.15, 0.2) is 0 Å². The number of hydrogen-bond acceptors (Lipinski definition) is 4. The first kappa shape index (κ1) is 20.6. The summed E-state index contributed by atoms with van der Waals surface area (Å²) in [5.41, 5.74) is 0.403. The number of rotatable bonds is 12. The van der Waals surface area contributed by atoms with Crippen molar-refractivity contribution in [2.24, 2.45) is 0 Å². The summed E-state index contributed by atoms with van der Waals surface area (Å²) < 4.78 is 15.9. The van der Waals surface area contributed by atoms with Crippen molar-refractivity contribution in [1.29, 1.82) is 0 Å². The molecular formula is C19H30O4Si. The van der Waals surface area contributed by atoms with Crippen LogP contribution in [0.1, 0.15) is 13.3 Å². The molecule has 0 atom stereocenters. The zero-order valence-electron chi connectivity index (χ0n) is 15.2. The maximum Gasteiger partial charge on any atom is 0.333 e. The Morgan fingerprint density at radius 1 is 1.00 bits per heavy atom. The molecule has 1 aromatic rings. The Morgan fingerprint density at radius 2 is 1.58 bits per heavy atom. The fourth-order valence-electron chi connectivity index (χ4n) is 2.29. The SMILES string of the molecule is C=C(C)C(=O)OCCOCCOCCC[Si](C)(C)c1ccccc1. The number of carbonyl (C=O) groups excluding carboxylic acids is 1. The molecule has 0 N–H and O–H groups in total. The molecule has 0 aliphatic heterocycles. The van der Waals surface area contributed by atoms with Gasteiger partial charge in [-0.3, -0.25) is 0 Å². The van der Waals surface area contributed by atoms with E-state index in [1.165, 1.54) is 11.2 Å². The molecule has 0 unspecified atom stereocenters. The molecule has 0 fully saturated rings. The van der Waals surface area contributed by atoms with Gasteiger partial charge in [-0.05, 0) is 13.3 Å². The second kappa shape index (κ2) is 11.2. The van der Waals surface area contributed by atoms with Gasteiger partial charge in [-0.25, -0.2) is 4.79 Å². The highest BCUT2D eigenvalue weighted by atomic mass is 28.3. The number of hydrogen-bond donors (Lipinski definition) is 0. The van der Waals surface area contributed by atoms with Crippen LogP contribution in [-0.4, -0.2) is 47.1 Å². The van der Waals surface area contributed by atoms with Gasteiger partial charge in [0.2, 0.25) is 0 Å². The lowest BCUT2D eigenvalue weighted by Gasteiger charge is -2.22. The van der Waals surface area contributed by atoms with Gasteiger partial charge in [0.05, 0.1) is 27.9 Å². The Bertz CT molecular complexity index is 499. The number of ether oxygens (including phenoxy) is 3. The van der Waals surface area contributed by atoms with Crippen LogP contribution < -0.4 is 5.19 Å². The van der Waals surface area contributed by atoms with Crippen molar-refractivity contribution in [2.75, 3.05) is 33.0 Å². The first-order valence-electron chi connectivity index (χ1n) is 8.47. The van der Waals surface area contributed by atoms with Crippen molar-refractivity contribution in [1.82, 2.24) is 0 Å². The summed E-state index contributed by atoms with van der Waals surface area (Å²) in [7, 11) is -1.35. The third-order valence-corrected chi connectivity index (χ3v) is 7.33. The first-order valence-corrected chi connectivity index (χ1v) is 11.7. The van der Waals surface area contributed by atoms with Crippen LogP contribution in [0.5, 0.6) is 0 Å². The summed E-state index contributed by atoms with van der Waals surface area (Å²) in [6.45, 7) is 12.4. The summed E-state index contributed by atoms with van der Waals surface area (Å²) in [6, 6.07) is 12.0. The second-order valence-electron chi connectivity index (χ2n) is 6.49. The van der Waals surface area contributed by atoms with E-state index in [0.717, 1.165) is 13.0 Å². The minimum absolute atomic E-state index is 0.253. The normalized spacial score (nSPS) is 11.3. The monoisotopic (exact) mass is 350 g/mol. The average Bonchev–Trinajstić information content (AvgIpc) is 2.57. The van der Waals surface area contributed by atoms with E-state index < -0.39 is 8.07 Å². The van der Waals surface area contributed by atoms with Gasteiger partial charge in [-0.15, -0.1) is 0 Å². The summed E-state index contributed by atoms with van der Waals surface area (Å²) in [5.74, 6) is -0.375. The molecule has 0 amide bonds. The van der Waals surface area contributed by atoms with E-state index in [1.807, 2.05) is 0 Å². The Balaban J connectivity index is 1.99. The lowest BCUT2D eigenvalue weighted by Crippen LogP contribution is -2.41. The largest absolute Gasteiger partial charge is 0.460 e. The molecule has 24 heavy (non-hydrogen) atoms. The fraction of sp³-hybridized carbons (Fsp3) is 0.526. The maximum atomic E-state index is 11.1. The minimum atomic E-state index is -1.35. The average molecular weight is 351 g/mol. The first-order chi connectivity index (χ1) is 11.4. The molecule has 0 spiro atoms. The van der Waals surface area contributed by atoms with Crippen LogP contribution in [0.3, 0.4) is 0 Å². The van der Waals surface area contributed by atoms with Crippen molar-refractivity contribution < 1.29 is 19.0 Å². The van der Waals surface area contributed by atoms with E-state index in [1.54, 1.807) is 6.92 Å². The van der Waals surface area contributed by atoms with Crippen LogP contribution in [0, 0.1) is 0 Å². The van der Waals surface area contributed by atoms with Crippen molar-refractivity contribution >= 4 is 19.2 Å². The van der Waals surface area contributed by atoms with Crippen molar-refractivity contribution in [3.63, 3.8) is 0 Å². The predicted octanol–water partition coefficient (Wildman–Crippen LogP) is 3.14. The molecule has 5 heteroatoms. The summed E-state index contributed by atoms with van der Waals surface area (Å²) in [4.78, 5) is 11.1. The molecule has 134 valence electrons. The van der Waals surface area contributed by atoms with E-state index >= 15 is 0 Å². The van der Waals surface area contributed by atoms with Gasteiger partial charge >= 0.3 is 5.97 Å². The third kappa shape index (κ3) is 8.43. The van der Waals surface area contributed by atoms with E-state index in [-0.39, 0.29) is 12.6 Å². The Hall–Kier alpha value is -1.43. The lowest BCUT2D eigenvalue weighted by molar-refractivity contribution is -0.140. The van der Waals surface area contributed by atoms with Crippen molar-refractivity contribution in [3.8, 4) is 0 Å². The van der Waals surface area contributed by atoms with Crippen LogP contribution in [0.2, 0.25) is 19.1 Å². The molecule has 0 aliphatic carbocycles. The molecule has 0 aliphatic rings. The highest BCUT2D eigenvalue weighted by molar-refractivity contribution is 6.89. The van der Waals surface area contributed by atoms with Gasteiger partial charge in [-0.2, -0.15) is 0 Å². The zero-order chi connectivity index (χ0) is 17.8. The summed E-state index contributed by atoms with van der Waals surface area (Å²) in [6.07, 6.45) is 1.07. The maximum absolute atomic E-state index is 11.1. The fourth-order valence-corrected chi connectivity index (χ4v) is 4.70. The lowest BCUT2D eigenvalue weighted by atomic mass is 10.4. The molecule has 0 aromatic heterocycles. The number of benzene rings is 1. The van der Waals surface area contributed by atoms with Crippen molar-refractivity contribution in [2.45, 2.75) is 32.5 Å². The topological polar surface area (TPSA) is 44.8 Å². The van der Waals surface area contributed by atoms with E-state index in [0.29, 0.717) is 25.4 Å². The zero-order valence-corrected chi connectivity index (χ0v) is 16.2. The smallest absolute Gasteiger partial charge is 0.333 e. The van der Waals surface area contributed by atoms with E-state index in [4.69, 9.17) is 14.2 Å². The minimum Gasteiger partial charge on any atom is -0.460 e. The molecule has 4 nitrogen and oxygen atoms in total. The third-order valence-electron chi connectivity index (χ3n) is 3.83. The van der Waals surface area contributed by atoms with Crippen LogP contribution in [0.25, 0.3) is 0 Å². The number of carbonyl (C=O) groups is 1. The summed E-state index contributed by atoms with van der Waals surface area (Å²) in [5, 5.41) is 1.50. The molecule has 1 aromatic carbocycles. The Morgan fingerprint density at radius 3 is 2.21 bits per heavy atom. The molecular weight excluding hydrogens is 320 g/mol. The molecule has 0 saturated carbocycles. The van der Waals surface area contributed by atoms with Crippen LogP contribution in [0.4, 0.5) is 0 Å². The van der Waals surface area contributed by atoms with Crippen LogP contribution in [0.15, 0.2) is 42.5 Å². The second-order valence-corrected chi connectivity index (χ2v) is 11.3. The van der Waals surface area contributed by atoms with Gasteiger partial charge in [-0.1, -0.05) is 61.2 Å². The molecule has 1 rings (SSSR count). The van der Waals surface area contributed by atoms with Gasteiger partial charge in [0.25, 0.3) is 0 Å². The van der Waals surface area contributed by atoms with Gasteiger partial charge in [0.1, 0.15) is 6.61 Å². The van der Waals surface area contributed by atoms with E-state index in [9.17, 15) is 4.79 Å². The highest BCUT2D eigenvalue weighted by Crippen LogP contribution is 2.12. The predicted molar refractivity (Wildman–Crippen MR) is 100 cm³/mol. The Kier molecular flexibility index (Phi) is 9.60. The highest BCUT2D eigenvalue weighted by Gasteiger charge is 2.22. The molecule has 0 radical (unpaired) electrons. The Labute approximate surface area is 146 Å². The molecule has 0 saturated heterocycles. The quantitative estimate of drug-likeness (QED) is 0.251. The van der Waals surface area contributed by atoms with Gasteiger partial charge in [0, 0.05) is 12.2 Å². The van der Waals surface area contributed by atoms with Crippen LogP contribution >= 0.6 is 0 Å². The molecule has 0 heterocycles. The van der Waals surface area contributed by atoms with Crippen LogP contribution in [-0.2, 0) is 19.0 Å². The summed E-state index contributed by atoms with van der Waals surface area (Å²) >= 11 is 0. The van der Waals surface area contributed by atoms with Crippen molar-refractivity contribution in [3.05, 3.63) is 42.5 Å². The number of esters is 1. The van der Waals surface area contributed by atoms with E-state index in [2.05, 4.69) is 50.0 Å². The molecule has 0 bridgehead atoms. The van der Waals surface area contributed by atoms with Gasteiger partial charge < -0.3 is 14.2 Å². The standard InChI is InChI=1S/C19H30O4Si/c1-17(2)19(20)23-15-14-22-13-12-21-11-8-16-24(3,4)18-9-6-5-7-10-18/h5-7,9-10H,1,8,11-16H2,2-4H3.